The van der Waals surface area contributed by atoms with Gasteiger partial charge in [-0.05, 0) is 13.1 Å². The van der Waals surface area contributed by atoms with E-state index in [9.17, 15) is 8.78 Å². The zero-order valence-corrected chi connectivity index (χ0v) is 11.8. The highest BCUT2D eigenvalue weighted by Gasteiger charge is 2.11. The second kappa shape index (κ2) is 7.53. The van der Waals surface area contributed by atoms with Gasteiger partial charge in [0.1, 0.15) is 5.03 Å². The van der Waals surface area contributed by atoms with Crippen molar-refractivity contribution in [1.82, 2.24) is 9.88 Å². The van der Waals surface area contributed by atoms with Gasteiger partial charge in [0.25, 0.3) is 0 Å². The van der Waals surface area contributed by atoms with Crippen LogP contribution >= 0.6 is 11.8 Å². The Labute approximate surface area is 111 Å². The molecule has 1 aromatic rings. The van der Waals surface area contributed by atoms with Crippen molar-refractivity contribution in [2.45, 2.75) is 18.9 Å². The van der Waals surface area contributed by atoms with E-state index in [1.54, 1.807) is 7.05 Å². The quantitative estimate of drug-likeness (QED) is 0.775. The molecule has 1 N–H and O–H groups in total. The third kappa shape index (κ3) is 4.10. The molecule has 0 unspecified atom stereocenters. The van der Waals surface area contributed by atoms with Gasteiger partial charge in [0.2, 0.25) is 0 Å². The molecule has 0 amide bonds. The van der Waals surface area contributed by atoms with Crippen molar-refractivity contribution in [3.05, 3.63) is 17.7 Å². The van der Waals surface area contributed by atoms with Gasteiger partial charge in [0.05, 0.1) is 0 Å². The third-order valence-corrected chi connectivity index (χ3v) is 3.62. The summed E-state index contributed by atoms with van der Waals surface area (Å²) < 4.78 is 26.7. The SMILES string of the molecule is CCN(CC)CCSc1nc(NC)c(F)cc1F. The highest BCUT2D eigenvalue weighted by molar-refractivity contribution is 7.99. The number of pyridine rings is 1. The van der Waals surface area contributed by atoms with Crippen LogP contribution < -0.4 is 5.32 Å². The van der Waals surface area contributed by atoms with Crippen LogP contribution in [0.25, 0.3) is 0 Å². The van der Waals surface area contributed by atoms with Gasteiger partial charge in [-0.15, -0.1) is 11.8 Å². The van der Waals surface area contributed by atoms with Gasteiger partial charge in [-0.2, -0.15) is 0 Å². The summed E-state index contributed by atoms with van der Waals surface area (Å²) in [6.07, 6.45) is 0. The highest BCUT2D eigenvalue weighted by atomic mass is 32.2. The molecular weight excluding hydrogens is 256 g/mol. The maximum Gasteiger partial charge on any atom is 0.168 e. The first-order chi connectivity index (χ1) is 8.62. The summed E-state index contributed by atoms with van der Waals surface area (Å²) >= 11 is 1.31. The average molecular weight is 275 g/mol. The second-order valence-electron chi connectivity index (χ2n) is 3.73. The van der Waals surface area contributed by atoms with E-state index in [0.717, 1.165) is 31.5 Å². The molecule has 1 rings (SSSR count). The summed E-state index contributed by atoms with van der Waals surface area (Å²) in [6, 6.07) is 0.874. The molecule has 0 radical (unpaired) electrons. The van der Waals surface area contributed by atoms with Crippen LogP contribution in [0.3, 0.4) is 0 Å². The Balaban J connectivity index is 2.61. The van der Waals surface area contributed by atoms with E-state index in [1.807, 2.05) is 0 Å². The van der Waals surface area contributed by atoms with Crippen molar-refractivity contribution in [3.63, 3.8) is 0 Å². The monoisotopic (exact) mass is 275 g/mol. The molecule has 0 bridgehead atoms. The fourth-order valence-electron chi connectivity index (χ4n) is 1.54. The molecule has 0 atom stereocenters. The number of anilines is 1. The van der Waals surface area contributed by atoms with E-state index in [0.29, 0.717) is 0 Å². The molecule has 102 valence electrons. The lowest BCUT2D eigenvalue weighted by Gasteiger charge is -2.17. The van der Waals surface area contributed by atoms with E-state index in [4.69, 9.17) is 0 Å². The van der Waals surface area contributed by atoms with Crippen LogP contribution in [0.15, 0.2) is 11.1 Å². The molecule has 18 heavy (non-hydrogen) atoms. The number of nitrogens with zero attached hydrogens (tertiary/aromatic N) is 2. The normalized spacial score (nSPS) is 11.0. The molecule has 0 saturated heterocycles. The largest absolute Gasteiger partial charge is 0.371 e. The van der Waals surface area contributed by atoms with Crippen LogP contribution in [0, 0.1) is 11.6 Å². The summed E-state index contributed by atoms with van der Waals surface area (Å²) in [5.74, 6) is -0.443. The molecule has 0 aliphatic carbocycles. The number of rotatable bonds is 7. The van der Waals surface area contributed by atoms with E-state index in [-0.39, 0.29) is 10.8 Å². The topological polar surface area (TPSA) is 28.2 Å². The van der Waals surface area contributed by atoms with Gasteiger partial charge in [-0.25, -0.2) is 13.8 Å². The van der Waals surface area contributed by atoms with Gasteiger partial charge in [0, 0.05) is 25.4 Å². The molecule has 1 aromatic heterocycles. The maximum absolute atomic E-state index is 13.5. The van der Waals surface area contributed by atoms with Crippen molar-refractivity contribution >= 4 is 17.6 Å². The van der Waals surface area contributed by atoms with Crippen LogP contribution in [-0.2, 0) is 0 Å². The van der Waals surface area contributed by atoms with E-state index in [2.05, 4.69) is 29.0 Å². The third-order valence-electron chi connectivity index (χ3n) is 2.67. The first kappa shape index (κ1) is 15.2. The molecule has 0 spiro atoms. The van der Waals surface area contributed by atoms with Crippen molar-refractivity contribution in [1.29, 1.82) is 0 Å². The lowest BCUT2D eigenvalue weighted by Crippen LogP contribution is -2.25. The lowest BCUT2D eigenvalue weighted by molar-refractivity contribution is 0.324. The van der Waals surface area contributed by atoms with Crippen LogP contribution in [0.1, 0.15) is 13.8 Å². The van der Waals surface area contributed by atoms with Crippen LogP contribution in [0.5, 0.6) is 0 Å². The van der Waals surface area contributed by atoms with E-state index < -0.39 is 11.6 Å². The summed E-state index contributed by atoms with van der Waals surface area (Å²) in [4.78, 5) is 6.17. The van der Waals surface area contributed by atoms with Gasteiger partial charge >= 0.3 is 0 Å². The molecule has 0 aromatic carbocycles. The van der Waals surface area contributed by atoms with Gasteiger partial charge in [0.15, 0.2) is 17.5 Å². The molecule has 0 aliphatic heterocycles. The zero-order valence-electron chi connectivity index (χ0n) is 11.0. The minimum atomic E-state index is -0.664. The number of halogens is 2. The van der Waals surface area contributed by atoms with Crippen LogP contribution in [0.4, 0.5) is 14.6 Å². The molecule has 0 aliphatic rings. The van der Waals surface area contributed by atoms with Crippen molar-refractivity contribution < 1.29 is 8.78 Å². The fraction of sp³-hybridized carbons (Fsp3) is 0.583. The van der Waals surface area contributed by atoms with Crippen LogP contribution in [-0.4, -0.2) is 42.3 Å². The Morgan fingerprint density at radius 2 is 1.94 bits per heavy atom. The standard InChI is InChI=1S/C12H19F2N3S/c1-4-17(5-2)6-7-18-12-10(14)8-9(13)11(15-3)16-12/h8H,4-7H2,1-3H3,(H,15,16). The predicted octanol–water partition coefficient (Wildman–Crippen LogP) is 2.84. The molecular formula is C12H19F2N3S. The summed E-state index contributed by atoms with van der Waals surface area (Å²) in [7, 11) is 1.56. The Morgan fingerprint density at radius 3 is 2.50 bits per heavy atom. The molecule has 3 nitrogen and oxygen atoms in total. The molecule has 1 heterocycles. The van der Waals surface area contributed by atoms with Gasteiger partial charge in [-0.1, -0.05) is 13.8 Å². The predicted molar refractivity (Wildman–Crippen MR) is 72.2 cm³/mol. The smallest absolute Gasteiger partial charge is 0.168 e. The average Bonchev–Trinajstić information content (AvgIpc) is 2.37. The Hall–Kier alpha value is -0.880. The van der Waals surface area contributed by atoms with Crippen molar-refractivity contribution in [2.75, 3.05) is 37.8 Å². The minimum absolute atomic E-state index is 0.0849. The minimum Gasteiger partial charge on any atom is -0.371 e. The first-order valence-electron chi connectivity index (χ1n) is 6.01. The molecule has 6 heteroatoms. The molecule has 0 saturated carbocycles. The molecule has 0 fully saturated rings. The van der Waals surface area contributed by atoms with Gasteiger partial charge < -0.3 is 10.2 Å². The van der Waals surface area contributed by atoms with Crippen LogP contribution in [0.2, 0.25) is 0 Å². The maximum atomic E-state index is 13.5. The number of nitrogens with one attached hydrogen (secondary N) is 1. The van der Waals surface area contributed by atoms with Crippen molar-refractivity contribution in [2.24, 2.45) is 0 Å². The number of hydrogen-bond acceptors (Lipinski definition) is 4. The van der Waals surface area contributed by atoms with E-state index in [1.165, 1.54) is 11.8 Å². The summed E-state index contributed by atoms with van der Waals surface area (Å²) in [6.45, 7) is 6.98. The zero-order chi connectivity index (χ0) is 13.5. The number of hydrogen-bond donors (Lipinski definition) is 1. The second-order valence-corrected chi connectivity index (χ2v) is 4.81. The Kier molecular flexibility index (Phi) is 6.35. The summed E-state index contributed by atoms with van der Waals surface area (Å²) in [5.41, 5.74) is 0. The highest BCUT2D eigenvalue weighted by Crippen LogP contribution is 2.23. The Bertz CT molecular complexity index is 384. The lowest BCUT2D eigenvalue weighted by atomic mass is 10.4. The fourth-order valence-corrected chi connectivity index (χ4v) is 2.43. The van der Waals surface area contributed by atoms with Gasteiger partial charge in [-0.3, -0.25) is 0 Å². The first-order valence-corrected chi connectivity index (χ1v) is 6.99. The van der Waals surface area contributed by atoms with Crippen molar-refractivity contribution in [3.8, 4) is 0 Å². The number of aromatic nitrogens is 1. The Morgan fingerprint density at radius 1 is 1.28 bits per heavy atom. The van der Waals surface area contributed by atoms with E-state index >= 15 is 0 Å². The number of thioether (sulfide) groups is 1. The summed E-state index contributed by atoms with van der Waals surface area (Å²) in [5, 5.41) is 2.85.